The van der Waals surface area contributed by atoms with E-state index < -0.39 is 23.2 Å². The van der Waals surface area contributed by atoms with E-state index in [2.05, 4.69) is 20.5 Å². The van der Waals surface area contributed by atoms with Crippen LogP contribution in [0.1, 0.15) is 24.6 Å². The number of nitrogens with one attached hydrogen (secondary N) is 2. The van der Waals surface area contributed by atoms with Gasteiger partial charge in [-0.1, -0.05) is 0 Å². The Kier molecular flexibility index (Phi) is 4.38. The molecule has 0 bridgehead atoms. The second-order valence-corrected chi connectivity index (χ2v) is 4.34. The predicted molar refractivity (Wildman–Crippen MR) is 56.2 cm³/mol. The normalized spacial score (nSPS) is 13.5. The van der Waals surface area contributed by atoms with E-state index in [1.807, 2.05) is 0 Å². The lowest BCUT2D eigenvalue weighted by Gasteiger charge is -2.10. The number of carbonyl (C=O) groups excluding carboxylic acids is 1. The summed E-state index contributed by atoms with van der Waals surface area (Å²) in [5, 5.41) is 8.76. The first-order chi connectivity index (χ1) is 7.78. The number of hydrogen-bond donors (Lipinski definition) is 2. The molecule has 0 aliphatic carbocycles. The number of halogens is 3. The second-order valence-electron chi connectivity index (χ2n) is 3.30. The van der Waals surface area contributed by atoms with Crippen LogP contribution in [0, 0.1) is 6.92 Å². The van der Waals surface area contributed by atoms with Gasteiger partial charge < -0.3 is 5.32 Å². The Morgan fingerprint density at radius 1 is 1.59 bits per heavy atom. The van der Waals surface area contributed by atoms with Gasteiger partial charge in [-0.25, -0.2) is 4.98 Å². The number of alkyl halides is 3. The summed E-state index contributed by atoms with van der Waals surface area (Å²) in [7, 11) is 0. The SMILES string of the molecule is Cc1nc(C(C)NC(=O)CSC(F)(F)F)n[nH]1. The van der Waals surface area contributed by atoms with Crippen LogP contribution in [-0.2, 0) is 4.79 Å². The topological polar surface area (TPSA) is 70.7 Å². The summed E-state index contributed by atoms with van der Waals surface area (Å²) in [6.45, 7) is 3.28. The number of thioether (sulfide) groups is 1. The largest absolute Gasteiger partial charge is 0.442 e. The summed E-state index contributed by atoms with van der Waals surface area (Å²) < 4.78 is 35.5. The van der Waals surface area contributed by atoms with Gasteiger partial charge in [0.15, 0.2) is 5.82 Å². The first kappa shape index (κ1) is 13.8. The maximum Gasteiger partial charge on any atom is 0.442 e. The van der Waals surface area contributed by atoms with Crippen LogP contribution >= 0.6 is 11.8 Å². The molecule has 0 spiro atoms. The molecule has 0 aromatic carbocycles. The zero-order valence-corrected chi connectivity index (χ0v) is 9.95. The van der Waals surface area contributed by atoms with Gasteiger partial charge in [-0.2, -0.15) is 18.3 Å². The molecule has 5 nitrogen and oxygen atoms in total. The highest BCUT2D eigenvalue weighted by Crippen LogP contribution is 2.29. The van der Waals surface area contributed by atoms with Gasteiger partial charge in [0.05, 0.1) is 11.8 Å². The fraction of sp³-hybridized carbons (Fsp3) is 0.625. The van der Waals surface area contributed by atoms with Crippen LogP contribution in [0.2, 0.25) is 0 Å². The predicted octanol–water partition coefficient (Wildman–Crippen LogP) is 1.54. The summed E-state index contributed by atoms with van der Waals surface area (Å²) in [6, 6.07) is -0.527. The monoisotopic (exact) mass is 268 g/mol. The summed E-state index contributed by atoms with van der Waals surface area (Å²) in [5.74, 6) is -0.460. The van der Waals surface area contributed by atoms with Crippen molar-refractivity contribution in [3.8, 4) is 0 Å². The molecule has 1 atom stereocenters. The van der Waals surface area contributed by atoms with Gasteiger partial charge >= 0.3 is 5.51 Å². The quantitative estimate of drug-likeness (QED) is 0.869. The summed E-state index contributed by atoms with van der Waals surface area (Å²) in [5.41, 5.74) is -4.40. The van der Waals surface area contributed by atoms with Crippen LogP contribution in [0.4, 0.5) is 13.2 Å². The molecular formula is C8H11F3N4OS. The molecule has 0 aliphatic heterocycles. The standard InChI is InChI=1S/C8H11F3N4OS/c1-4(7-13-5(2)14-15-7)12-6(16)3-17-8(9,10)11/h4H,3H2,1-2H3,(H,12,16)(H,13,14,15). The molecule has 17 heavy (non-hydrogen) atoms. The number of nitrogens with zero attached hydrogens (tertiary/aromatic N) is 2. The van der Waals surface area contributed by atoms with Crippen LogP contribution in [0.15, 0.2) is 0 Å². The average Bonchev–Trinajstić information content (AvgIpc) is 2.61. The van der Waals surface area contributed by atoms with Crippen molar-refractivity contribution in [2.45, 2.75) is 25.4 Å². The summed E-state index contributed by atoms with van der Waals surface area (Å²) >= 11 is -0.377. The molecule has 1 aromatic heterocycles. The number of aromatic nitrogens is 3. The molecule has 0 fully saturated rings. The third-order valence-electron chi connectivity index (χ3n) is 1.75. The fourth-order valence-electron chi connectivity index (χ4n) is 1.05. The number of amides is 1. The Morgan fingerprint density at radius 3 is 2.71 bits per heavy atom. The minimum Gasteiger partial charge on any atom is -0.346 e. The Labute approximate surface area is 99.6 Å². The Hall–Kier alpha value is -1.25. The van der Waals surface area contributed by atoms with Crippen LogP contribution in [0.3, 0.4) is 0 Å². The molecule has 1 unspecified atom stereocenters. The van der Waals surface area contributed by atoms with E-state index in [0.29, 0.717) is 11.6 Å². The van der Waals surface area contributed by atoms with Gasteiger partial charge in [0, 0.05) is 0 Å². The van der Waals surface area contributed by atoms with Gasteiger partial charge in [0.1, 0.15) is 5.82 Å². The minimum absolute atomic E-state index is 0.341. The number of H-pyrrole nitrogens is 1. The van der Waals surface area contributed by atoms with Gasteiger partial charge in [0.2, 0.25) is 5.91 Å². The van der Waals surface area contributed by atoms with Crippen molar-refractivity contribution in [1.82, 2.24) is 20.5 Å². The molecule has 1 aromatic rings. The molecule has 1 amide bonds. The van der Waals surface area contributed by atoms with Crippen LogP contribution < -0.4 is 5.32 Å². The summed E-state index contributed by atoms with van der Waals surface area (Å²) in [6.07, 6.45) is 0. The highest BCUT2D eigenvalue weighted by Gasteiger charge is 2.29. The summed E-state index contributed by atoms with van der Waals surface area (Å²) in [4.78, 5) is 15.1. The van der Waals surface area contributed by atoms with Crippen molar-refractivity contribution in [1.29, 1.82) is 0 Å². The Bertz CT molecular complexity index is 392. The van der Waals surface area contributed by atoms with Crippen molar-refractivity contribution < 1.29 is 18.0 Å². The van der Waals surface area contributed by atoms with E-state index in [0.717, 1.165) is 0 Å². The van der Waals surface area contributed by atoms with E-state index >= 15 is 0 Å². The average molecular weight is 268 g/mol. The third kappa shape index (κ3) is 5.07. The molecule has 9 heteroatoms. The van der Waals surface area contributed by atoms with Crippen molar-refractivity contribution >= 4 is 17.7 Å². The van der Waals surface area contributed by atoms with Crippen LogP contribution in [0.25, 0.3) is 0 Å². The fourth-order valence-corrected chi connectivity index (χ4v) is 1.43. The Morgan fingerprint density at radius 2 is 2.24 bits per heavy atom. The van der Waals surface area contributed by atoms with Crippen LogP contribution in [0.5, 0.6) is 0 Å². The molecule has 0 saturated carbocycles. The minimum atomic E-state index is -4.40. The van der Waals surface area contributed by atoms with Gasteiger partial charge in [-0.15, -0.1) is 0 Å². The number of aryl methyl sites for hydroxylation is 1. The maximum absolute atomic E-state index is 11.8. The number of carbonyl (C=O) groups is 1. The maximum atomic E-state index is 11.8. The van der Waals surface area contributed by atoms with E-state index in [1.165, 1.54) is 0 Å². The molecular weight excluding hydrogens is 257 g/mol. The molecule has 96 valence electrons. The molecule has 0 radical (unpaired) electrons. The zero-order valence-electron chi connectivity index (χ0n) is 9.13. The van der Waals surface area contributed by atoms with Crippen molar-refractivity contribution in [2.24, 2.45) is 0 Å². The third-order valence-corrected chi connectivity index (χ3v) is 2.48. The molecule has 0 aliphatic rings. The number of hydrogen-bond acceptors (Lipinski definition) is 4. The molecule has 1 heterocycles. The molecule has 0 saturated heterocycles. The van der Waals surface area contributed by atoms with Gasteiger partial charge in [-0.3, -0.25) is 9.89 Å². The van der Waals surface area contributed by atoms with Crippen LogP contribution in [-0.4, -0.2) is 32.3 Å². The van der Waals surface area contributed by atoms with Crippen molar-refractivity contribution in [2.75, 3.05) is 5.75 Å². The van der Waals surface area contributed by atoms with E-state index in [4.69, 9.17) is 0 Å². The molecule has 2 N–H and O–H groups in total. The smallest absolute Gasteiger partial charge is 0.346 e. The number of rotatable bonds is 4. The zero-order chi connectivity index (χ0) is 13.1. The first-order valence-corrected chi connectivity index (χ1v) is 5.65. The van der Waals surface area contributed by atoms with E-state index in [9.17, 15) is 18.0 Å². The highest BCUT2D eigenvalue weighted by atomic mass is 32.2. The van der Waals surface area contributed by atoms with Crippen molar-refractivity contribution in [3.63, 3.8) is 0 Å². The number of aromatic amines is 1. The lowest BCUT2D eigenvalue weighted by atomic mass is 10.3. The van der Waals surface area contributed by atoms with E-state index in [-0.39, 0.29) is 11.8 Å². The van der Waals surface area contributed by atoms with Gasteiger partial charge in [-0.05, 0) is 25.6 Å². The van der Waals surface area contributed by atoms with E-state index in [1.54, 1.807) is 13.8 Å². The second kappa shape index (κ2) is 5.39. The lowest BCUT2D eigenvalue weighted by Crippen LogP contribution is -2.29. The first-order valence-electron chi connectivity index (χ1n) is 4.67. The van der Waals surface area contributed by atoms with Crippen molar-refractivity contribution in [3.05, 3.63) is 11.6 Å². The van der Waals surface area contributed by atoms with Gasteiger partial charge in [0.25, 0.3) is 0 Å². The molecule has 1 rings (SSSR count). The highest BCUT2D eigenvalue weighted by molar-refractivity contribution is 8.00. The Balaban J connectivity index is 2.41. The lowest BCUT2D eigenvalue weighted by molar-refractivity contribution is -0.119.